The Hall–Kier alpha value is -3.15. The molecule has 28 heavy (non-hydrogen) atoms. The molecule has 146 valence electrons. The lowest BCUT2D eigenvalue weighted by atomic mass is 10.1. The van der Waals surface area contributed by atoms with Crippen LogP contribution >= 0.6 is 0 Å². The van der Waals surface area contributed by atoms with Gasteiger partial charge in [-0.3, -0.25) is 4.79 Å². The largest absolute Gasteiger partial charge is 0.490 e. The molecule has 0 atom stereocenters. The van der Waals surface area contributed by atoms with Crippen LogP contribution in [0.4, 0.5) is 0 Å². The van der Waals surface area contributed by atoms with Gasteiger partial charge in [-0.1, -0.05) is 43.7 Å². The standard InChI is InChI=1S/C22H24N2O4/c1-3-4-12-24-21(25)19-11-6-5-10-18(19)20(23-24)22(26)28-14-13-27-17-9-7-8-16(2)15-17/h5-11,15H,3-4,12-14H2,1-2H3. The highest BCUT2D eigenvalue weighted by atomic mass is 16.6. The van der Waals surface area contributed by atoms with Gasteiger partial charge in [0.1, 0.15) is 19.0 Å². The first-order chi connectivity index (χ1) is 13.6. The highest BCUT2D eigenvalue weighted by molar-refractivity contribution is 6.02. The minimum Gasteiger partial charge on any atom is -0.490 e. The Morgan fingerprint density at radius 1 is 1.07 bits per heavy atom. The van der Waals surface area contributed by atoms with E-state index in [0.29, 0.717) is 17.3 Å². The molecule has 0 aliphatic heterocycles. The molecular weight excluding hydrogens is 356 g/mol. The molecule has 2 aromatic carbocycles. The number of hydrogen-bond donors (Lipinski definition) is 0. The first-order valence-corrected chi connectivity index (χ1v) is 9.46. The van der Waals surface area contributed by atoms with E-state index in [4.69, 9.17) is 9.47 Å². The number of fused-ring (bicyclic) bond motifs is 1. The van der Waals surface area contributed by atoms with Crippen LogP contribution in [0, 0.1) is 6.92 Å². The highest BCUT2D eigenvalue weighted by Crippen LogP contribution is 2.15. The van der Waals surface area contributed by atoms with Gasteiger partial charge in [0.25, 0.3) is 5.56 Å². The summed E-state index contributed by atoms with van der Waals surface area (Å²) in [7, 11) is 0. The highest BCUT2D eigenvalue weighted by Gasteiger charge is 2.17. The number of carbonyl (C=O) groups excluding carboxylic acids is 1. The molecule has 3 rings (SSSR count). The molecule has 0 fully saturated rings. The number of ether oxygens (including phenoxy) is 2. The van der Waals surface area contributed by atoms with Crippen LogP contribution < -0.4 is 10.3 Å². The van der Waals surface area contributed by atoms with Crippen molar-refractivity contribution in [2.75, 3.05) is 13.2 Å². The maximum absolute atomic E-state index is 12.6. The zero-order valence-corrected chi connectivity index (χ0v) is 16.2. The fourth-order valence-electron chi connectivity index (χ4n) is 2.91. The molecule has 3 aromatic rings. The third kappa shape index (κ3) is 4.57. The molecule has 1 heterocycles. The summed E-state index contributed by atoms with van der Waals surface area (Å²) in [6, 6.07) is 14.6. The van der Waals surface area contributed by atoms with E-state index < -0.39 is 5.97 Å². The van der Waals surface area contributed by atoms with Gasteiger partial charge in [-0.25, -0.2) is 9.48 Å². The van der Waals surface area contributed by atoms with Crippen LogP contribution in [-0.4, -0.2) is 29.0 Å². The van der Waals surface area contributed by atoms with Crippen LogP contribution in [0.1, 0.15) is 35.8 Å². The fourth-order valence-corrected chi connectivity index (χ4v) is 2.91. The molecular formula is C22H24N2O4. The van der Waals surface area contributed by atoms with Crippen molar-refractivity contribution < 1.29 is 14.3 Å². The third-order valence-corrected chi connectivity index (χ3v) is 4.36. The normalized spacial score (nSPS) is 10.8. The molecule has 1 aromatic heterocycles. The van der Waals surface area contributed by atoms with Crippen LogP contribution in [0.2, 0.25) is 0 Å². The van der Waals surface area contributed by atoms with E-state index in [1.807, 2.05) is 38.1 Å². The van der Waals surface area contributed by atoms with Gasteiger partial charge < -0.3 is 9.47 Å². The van der Waals surface area contributed by atoms with Gasteiger partial charge in [-0.15, -0.1) is 0 Å². The second-order valence-corrected chi connectivity index (χ2v) is 6.58. The van der Waals surface area contributed by atoms with E-state index >= 15 is 0 Å². The molecule has 6 nitrogen and oxygen atoms in total. The second-order valence-electron chi connectivity index (χ2n) is 6.58. The number of hydrogen-bond acceptors (Lipinski definition) is 5. The maximum Gasteiger partial charge on any atom is 0.359 e. The minimum absolute atomic E-state index is 0.0941. The van der Waals surface area contributed by atoms with Crippen molar-refractivity contribution in [2.45, 2.75) is 33.2 Å². The summed E-state index contributed by atoms with van der Waals surface area (Å²) in [5, 5.41) is 5.25. The Kier molecular flexibility index (Phi) is 6.42. The van der Waals surface area contributed by atoms with E-state index in [2.05, 4.69) is 5.10 Å². The number of rotatable bonds is 8. The van der Waals surface area contributed by atoms with Crippen LogP contribution in [0.25, 0.3) is 10.8 Å². The molecule has 0 amide bonds. The number of aryl methyl sites for hydroxylation is 2. The van der Waals surface area contributed by atoms with Crippen molar-refractivity contribution in [3.8, 4) is 5.75 Å². The first kappa shape index (κ1) is 19.6. The Morgan fingerprint density at radius 2 is 1.86 bits per heavy atom. The topological polar surface area (TPSA) is 70.4 Å². The van der Waals surface area contributed by atoms with E-state index in [1.165, 1.54) is 4.68 Å². The quantitative estimate of drug-likeness (QED) is 0.440. The van der Waals surface area contributed by atoms with Gasteiger partial charge in [0, 0.05) is 11.9 Å². The van der Waals surface area contributed by atoms with Crippen molar-refractivity contribution in [3.05, 3.63) is 70.1 Å². The predicted octanol–water partition coefficient (Wildman–Crippen LogP) is 3.74. The molecule has 0 radical (unpaired) electrons. The number of esters is 1. The molecule has 0 spiro atoms. The molecule has 0 saturated carbocycles. The summed E-state index contributed by atoms with van der Waals surface area (Å²) in [6.07, 6.45) is 1.74. The fraction of sp³-hybridized carbons (Fsp3) is 0.318. The van der Waals surface area contributed by atoms with Crippen molar-refractivity contribution in [2.24, 2.45) is 0 Å². The smallest absolute Gasteiger partial charge is 0.359 e. The van der Waals surface area contributed by atoms with Gasteiger partial charge in [0.05, 0.1) is 5.39 Å². The molecule has 0 N–H and O–H groups in total. The lowest BCUT2D eigenvalue weighted by molar-refractivity contribution is 0.0443. The monoisotopic (exact) mass is 380 g/mol. The third-order valence-electron chi connectivity index (χ3n) is 4.36. The molecule has 0 aliphatic carbocycles. The zero-order valence-electron chi connectivity index (χ0n) is 16.2. The van der Waals surface area contributed by atoms with E-state index in [-0.39, 0.29) is 24.5 Å². The number of aromatic nitrogens is 2. The average Bonchev–Trinajstić information content (AvgIpc) is 2.71. The summed E-state index contributed by atoms with van der Waals surface area (Å²) < 4.78 is 12.3. The lowest BCUT2D eigenvalue weighted by Crippen LogP contribution is -2.27. The Morgan fingerprint density at radius 3 is 2.61 bits per heavy atom. The number of benzene rings is 2. The maximum atomic E-state index is 12.6. The Bertz CT molecular complexity index is 1030. The van der Waals surface area contributed by atoms with Crippen molar-refractivity contribution in [1.29, 1.82) is 0 Å². The van der Waals surface area contributed by atoms with Gasteiger partial charge in [-0.05, 0) is 37.1 Å². The van der Waals surface area contributed by atoms with Crippen molar-refractivity contribution in [1.82, 2.24) is 9.78 Å². The Labute approximate surface area is 163 Å². The number of nitrogens with zero attached hydrogens (tertiary/aromatic N) is 2. The second kappa shape index (κ2) is 9.17. The molecule has 6 heteroatoms. The lowest BCUT2D eigenvalue weighted by Gasteiger charge is -2.11. The first-order valence-electron chi connectivity index (χ1n) is 9.46. The summed E-state index contributed by atoms with van der Waals surface area (Å²) in [5.74, 6) is 0.169. The van der Waals surface area contributed by atoms with Gasteiger partial charge in [0.15, 0.2) is 5.69 Å². The van der Waals surface area contributed by atoms with Crippen LogP contribution in [0.5, 0.6) is 5.75 Å². The van der Waals surface area contributed by atoms with Crippen LogP contribution in [0.15, 0.2) is 53.3 Å². The van der Waals surface area contributed by atoms with E-state index in [0.717, 1.165) is 24.2 Å². The van der Waals surface area contributed by atoms with Crippen LogP contribution in [-0.2, 0) is 11.3 Å². The summed E-state index contributed by atoms with van der Waals surface area (Å²) in [5.41, 5.74) is 1.06. The van der Waals surface area contributed by atoms with Gasteiger partial charge in [-0.2, -0.15) is 5.10 Å². The zero-order chi connectivity index (χ0) is 19.9. The summed E-state index contributed by atoms with van der Waals surface area (Å²) >= 11 is 0. The summed E-state index contributed by atoms with van der Waals surface area (Å²) in [4.78, 5) is 25.2. The molecule has 0 unspecified atom stereocenters. The van der Waals surface area contributed by atoms with E-state index in [9.17, 15) is 9.59 Å². The number of carbonyl (C=O) groups is 1. The Balaban J connectivity index is 1.73. The van der Waals surface area contributed by atoms with Crippen molar-refractivity contribution in [3.63, 3.8) is 0 Å². The van der Waals surface area contributed by atoms with Crippen molar-refractivity contribution >= 4 is 16.7 Å². The molecule has 0 bridgehead atoms. The molecule has 0 saturated heterocycles. The predicted molar refractivity (Wildman–Crippen MR) is 108 cm³/mol. The average molecular weight is 380 g/mol. The summed E-state index contributed by atoms with van der Waals surface area (Å²) in [6.45, 7) is 4.82. The van der Waals surface area contributed by atoms with Gasteiger partial charge in [0.2, 0.25) is 0 Å². The number of unbranched alkanes of at least 4 members (excludes halogenated alkanes) is 1. The SMILES string of the molecule is CCCCn1nc(C(=O)OCCOc2cccc(C)c2)c2ccccc2c1=O. The minimum atomic E-state index is -0.561. The van der Waals surface area contributed by atoms with Crippen LogP contribution in [0.3, 0.4) is 0 Å². The molecule has 0 aliphatic rings. The van der Waals surface area contributed by atoms with Gasteiger partial charge >= 0.3 is 5.97 Å². The van der Waals surface area contributed by atoms with E-state index in [1.54, 1.807) is 24.3 Å².